The van der Waals surface area contributed by atoms with Gasteiger partial charge in [0.1, 0.15) is 0 Å². The Morgan fingerprint density at radius 3 is 2.42 bits per heavy atom. The van der Waals surface area contributed by atoms with Crippen LogP contribution in [-0.2, 0) is 6.54 Å². The van der Waals surface area contributed by atoms with Crippen LogP contribution < -0.4 is 5.32 Å². The average Bonchev–Trinajstić information content (AvgIpc) is 2.67. The van der Waals surface area contributed by atoms with E-state index in [1.54, 1.807) is 0 Å². The number of hydrogen-bond acceptors (Lipinski definition) is 2. The molecule has 0 saturated heterocycles. The Labute approximate surface area is 120 Å². The molecule has 0 aliphatic carbocycles. The molecule has 0 bridgehead atoms. The van der Waals surface area contributed by atoms with Gasteiger partial charge in [-0.1, -0.05) is 23.8 Å². The highest BCUT2D eigenvalue weighted by Crippen LogP contribution is 2.26. The molecule has 0 spiro atoms. The van der Waals surface area contributed by atoms with Gasteiger partial charge in [0, 0.05) is 22.3 Å². The number of hydrogen-bond donors (Lipinski definition) is 1. The summed E-state index contributed by atoms with van der Waals surface area (Å²) in [6, 6.07) is 9.39. The zero-order valence-electron chi connectivity index (χ0n) is 12.5. The number of thiophene rings is 1. The van der Waals surface area contributed by atoms with Crippen LogP contribution in [0, 0.1) is 27.7 Å². The number of benzene rings is 1. The summed E-state index contributed by atoms with van der Waals surface area (Å²) in [6.07, 6.45) is 0. The van der Waals surface area contributed by atoms with Gasteiger partial charge in [-0.3, -0.25) is 0 Å². The number of aryl methyl sites for hydroxylation is 4. The Kier molecular flexibility index (Phi) is 4.43. The molecule has 1 unspecified atom stereocenters. The monoisotopic (exact) mass is 273 g/mol. The van der Waals surface area contributed by atoms with Gasteiger partial charge in [-0.15, -0.1) is 11.3 Å². The Morgan fingerprint density at radius 2 is 1.84 bits per heavy atom. The summed E-state index contributed by atoms with van der Waals surface area (Å²) in [4.78, 5) is 2.82. The molecule has 2 rings (SSSR count). The predicted octanol–water partition coefficient (Wildman–Crippen LogP) is 4.83. The first kappa shape index (κ1) is 14.3. The van der Waals surface area contributed by atoms with E-state index in [4.69, 9.17) is 0 Å². The van der Waals surface area contributed by atoms with Crippen LogP contribution in [0.2, 0.25) is 0 Å². The summed E-state index contributed by atoms with van der Waals surface area (Å²) in [7, 11) is 0. The van der Waals surface area contributed by atoms with Crippen molar-refractivity contribution in [2.24, 2.45) is 0 Å². The normalized spacial score (nSPS) is 12.7. The second kappa shape index (κ2) is 5.89. The molecule has 1 nitrogen and oxygen atoms in total. The summed E-state index contributed by atoms with van der Waals surface area (Å²) < 4.78 is 0. The zero-order chi connectivity index (χ0) is 14.0. The molecule has 0 saturated carbocycles. The van der Waals surface area contributed by atoms with E-state index in [9.17, 15) is 0 Å². The van der Waals surface area contributed by atoms with E-state index in [1.165, 1.54) is 32.0 Å². The molecule has 0 radical (unpaired) electrons. The second-order valence-electron chi connectivity index (χ2n) is 5.40. The fourth-order valence-electron chi connectivity index (χ4n) is 2.50. The number of rotatable bonds is 4. The fraction of sp³-hybridized carbons (Fsp3) is 0.412. The van der Waals surface area contributed by atoms with Crippen LogP contribution in [0.25, 0.3) is 0 Å². The minimum Gasteiger partial charge on any atom is -0.306 e. The van der Waals surface area contributed by atoms with E-state index in [1.807, 2.05) is 11.3 Å². The average molecular weight is 273 g/mol. The predicted molar refractivity (Wildman–Crippen MR) is 85.0 cm³/mol. The van der Waals surface area contributed by atoms with Crippen LogP contribution in [0.15, 0.2) is 24.3 Å². The molecule has 0 amide bonds. The van der Waals surface area contributed by atoms with Crippen LogP contribution in [0.3, 0.4) is 0 Å². The van der Waals surface area contributed by atoms with Crippen LogP contribution in [0.5, 0.6) is 0 Å². The van der Waals surface area contributed by atoms with E-state index in [0.29, 0.717) is 6.04 Å². The third kappa shape index (κ3) is 3.46. The van der Waals surface area contributed by atoms with Crippen molar-refractivity contribution in [2.75, 3.05) is 0 Å². The molecular formula is C17H23NS. The minimum absolute atomic E-state index is 0.408. The van der Waals surface area contributed by atoms with Gasteiger partial charge in [0.15, 0.2) is 0 Å². The molecule has 1 heterocycles. The Morgan fingerprint density at radius 1 is 1.11 bits per heavy atom. The lowest BCUT2D eigenvalue weighted by molar-refractivity contribution is 0.572. The van der Waals surface area contributed by atoms with Crippen LogP contribution in [0.1, 0.15) is 45.0 Å². The van der Waals surface area contributed by atoms with E-state index < -0.39 is 0 Å². The summed E-state index contributed by atoms with van der Waals surface area (Å²) in [5, 5.41) is 3.64. The second-order valence-corrected chi connectivity index (χ2v) is 6.86. The van der Waals surface area contributed by atoms with Crippen LogP contribution in [-0.4, -0.2) is 0 Å². The van der Waals surface area contributed by atoms with Crippen molar-refractivity contribution >= 4 is 11.3 Å². The van der Waals surface area contributed by atoms with E-state index in [-0.39, 0.29) is 0 Å². The number of nitrogens with one attached hydrogen (secondary N) is 1. The highest BCUT2D eigenvalue weighted by atomic mass is 32.1. The quantitative estimate of drug-likeness (QED) is 0.841. The van der Waals surface area contributed by atoms with Gasteiger partial charge >= 0.3 is 0 Å². The van der Waals surface area contributed by atoms with E-state index in [0.717, 1.165) is 6.54 Å². The van der Waals surface area contributed by atoms with Gasteiger partial charge in [-0.2, -0.15) is 0 Å². The van der Waals surface area contributed by atoms with Crippen LogP contribution in [0.4, 0.5) is 0 Å². The molecule has 1 N–H and O–H groups in total. The van der Waals surface area contributed by atoms with E-state index >= 15 is 0 Å². The van der Waals surface area contributed by atoms with Crippen molar-refractivity contribution in [1.29, 1.82) is 0 Å². The Balaban J connectivity index is 2.04. The highest BCUT2D eigenvalue weighted by molar-refractivity contribution is 7.12. The molecule has 1 aromatic heterocycles. The highest BCUT2D eigenvalue weighted by Gasteiger charge is 2.11. The molecule has 19 heavy (non-hydrogen) atoms. The Bertz CT molecular complexity index is 569. The SMILES string of the molecule is Cc1ccc(CNC(C)c2cc(C)sc2C)c(C)c1. The topological polar surface area (TPSA) is 12.0 Å². The Hall–Kier alpha value is -1.12. The van der Waals surface area contributed by atoms with Gasteiger partial charge in [0.05, 0.1) is 0 Å². The summed E-state index contributed by atoms with van der Waals surface area (Å²) in [5.41, 5.74) is 5.53. The van der Waals surface area contributed by atoms with Crippen molar-refractivity contribution in [3.63, 3.8) is 0 Å². The standard InChI is InChI=1S/C17H23NS/c1-11-6-7-16(12(2)8-11)10-18-14(4)17-9-13(3)19-15(17)5/h6-9,14,18H,10H2,1-5H3. The summed E-state index contributed by atoms with van der Waals surface area (Å²) >= 11 is 1.88. The maximum atomic E-state index is 3.64. The fourth-order valence-corrected chi connectivity index (χ4v) is 3.52. The van der Waals surface area contributed by atoms with Gasteiger partial charge in [-0.25, -0.2) is 0 Å². The van der Waals surface area contributed by atoms with E-state index in [2.05, 4.69) is 64.2 Å². The molecular weight excluding hydrogens is 250 g/mol. The lowest BCUT2D eigenvalue weighted by Gasteiger charge is -2.15. The molecule has 0 fully saturated rings. The van der Waals surface area contributed by atoms with Crippen molar-refractivity contribution in [2.45, 2.75) is 47.2 Å². The molecule has 1 aromatic carbocycles. The van der Waals surface area contributed by atoms with Crippen molar-refractivity contribution in [1.82, 2.24) is 5.32 Å². The molecule has 0 aliphatic rings. The molecule has 0 aliphatic heterocycles. The lowest BCUT2D eigenvalue weighted by Crippen LogP contribution is -2.18. The van der Waals surface area contributed by atoms with Gasteiger partial charge in [0.25, 0.3) is 0 Å². The molecule has 2 heteroatoms. The first-order valence-electron chi connectivity index (χ1n) is 6.84. The zero-order valence-corrected chi connectivity index (χ0v) is 13.3. The van der Waals surface area contributed by atoms with Gasteiger partial charge < -0.3 is 5.32 Å². The molecule has 102 valence electrons. The summed E-state index contributed by atoms with van der Waals surface area (Å²) in [5.74, 6) is 0. The van der Waals surface area contributed by atoms with Crippen molar-refractivity contribution < 1.29 is 0 Å². The third-order valence-corrected chi connectivity index (χ3v) is 4.62. The first-order valence-corrected chi connectivity index (χ1v) is 7.65. The van der Waals surface area contributed by atoms with Crippen LogP contribution >= 0.6 is 11.3 Å². The largest absolute Gasteiger partial charge is 0.306 e. The van der Waals surface area contributed by atoms with Gasteiger partial charge in [-0.05, 0) is 57.4 Å². The third-order valence-electron chi connectivity index (χ3n) is 3.64. The van der Waals surface area contributed by atoms with Crippen molar-refractivity contribution in [3.8, 4) is 0 Å². The van der Waals surface area contributed by atoms with Gasteiger partial charge in [0.2, 0.25) is 0 Å². The maximum absolute atomic E-state index is 3.64. The minimum atomic E-state index is 0.408. The maximum Gasteiger partial charge on any atom is 0.0305 e. The summed E-state index contributed by atoms with van der Waals surface area (Å²) in [6.45, 7) is 11.9. The molecule has 1 atom stereocenters. The van der Waals surface area contributed by atoms with Crippen molar-refractivity contribution in [3.05, 3.63) is 56.3 Å². The smallest absolute Gasteiger partial charge is 0.0305 e. The lowest BCUT2D eigenvalue weighted by atomic mass is 10.0. The first-order chi connectivity index (χ1) is 8.97. The molecule has 2 aromatic rings.